The molecule has 0 N–H and O–H groups in total. The van der Waals surface area contributed by atoms with Crippen molar-refractivity contribution in [2.24, 2.45) is 0 Å². The van der Waals surface area contributed by atoms with Gasteiger partial charge in [-0.3, -0.25) is 19.2 Å². The van der Waals surface area contributed by atoms with Gasteiger partial charge in [0, 0.05) is 22.8 Å². The molecule has 0 fully saturated rings. The van der Waals surface area contributed by atoms with Gasteiger partial charge >= 0.3 is 0 Å². The zero-order chi connectivity index (χ0) is 26.8. The van der Waals surface area contributed by atoms with Crippen molar-refractivity contribution in [3.63, 3.8) is 0 Å². The molecule has 0 saturated heterocycles. The third kappa shape index (κ3) is 7.37. The molecule has 0 aromatic heterocycles. The molecule has 0 heterocycles. The first-order chi connectivity index (χ1) is 17.9. The van der Waals surface area contributed by atoms with Gasteiger partial charge in [-0.1, -0.05) is 106 Å². The average molecular weight is 539 g/mol. The fourth-order valence-electron chi connectivity index (χ4n) is 4.53. The largest absolute Gasteiger partial charge is 0.289 e. The van der Waals surface area contributed by atoms with E-state index in [4.69, 9.17) is 23.2 Å². The summed E-state index contributed by atoms with van der Waals surface area (Å²) in [5.41, 5.74) is -0.0945. The molecule has 0 bridgehead atoms. The molecule has 1 aliphatic rings. The van der Waals surface area contributed by atoms with Crippen LogP contribution in [0.3, 0.4) is 0 Å². The van der Waals surface area contributed by atoms with Crippen molar-refractivity contribution in [3.05, 3.63) is 92.5 Å². The Morgan fingerprint density at radius 1 is 0.676 bits per heavy atom. The second-order valence-corrected chi connectivity index (χ2v) is 10.1. The Bertz CT molecular complexity index is 1240. The number of carbonyl (C=O) groups is 4. The van der Waals surface area contributed by atoms with E-state index >= 15 is 0 Å². The van der Waals surface area contributed by atoms with E-state index in [-0.39, 0.29) is 44.3 Å². The van der Waals surface area contributed by atoms with E-state index in [9.17, 15) is 19.2 Å². The van der Waals surface area contributed by atoms with Crippen LogP contribution in [0.25, 0.3) is 0 Å². The van der Waals surface area contributed by atoms with Gasteiger partial charge in [0.25, 0.3) is 0 Å². The van der Waals surface area contributed by atoms with Gasteiger partial charge in [0.1, 0.15) is 0 Å². The van der Waals surface area contributed by atoms with Gasteiger partial charge in [0.2, 0.25) is 0 Å². The highest BCUT2D eigenvalue weighted by atomic mass is 35.5. The first-order valence-corrected chi connectivity index (χ1v) is 13.7. The summed E-state index contributed by atoms with van der Waals surface area (Å²) < 4.78 is 0. The smallest absolute Gasteiger partial charge is 0.198 e. The van der Waals surface area contributed by atoms with Gasteiger partial charge in [-0.05, 0) is 37.1 Å². The van der Waals surface area contributed by atoms with Crippen LogP contribution in [0.2, 0.25) is 10.0 Å². The van der Waals surface area contributed by atoms with Gasteiger partial charge in [-0.25, -0.2) is 0 Å². The molecular weight excluding hydrogens is 507 g/mol. The summed E-state index contributed by atoms with van der Waals surface area (Å²) in [6, 6.07) is 12.8. The van der Waals surface area contributed by atoms with Crippen molar-refractivity contribution in [1.82, 2.24) is 0 Å². The summed E-state index contributed by atoms with van der Waals surface area (Å²) in [6.45, 7) is 2.19. The zero-order valence-corrected chi connectivity index (χ0v) is 22.7. The van der Waals surface area contributed by atoms with Gasteiger partial charge < -0.3 is 0 Å². The number of ketones is 4. The second kappa shape index (κ2) is 14.2. The number of unbranched alkanes of at least 4 members (excludes halogenated alkanes) is 8. The predicted molar refractivity (Wildman–Crippen MR) is 149 cm³/mol. The van der Waals surface area contributed by atoms with Crippen LogP contribution in [0.5, 0.6) is 0 Å². The third-order valence-electron chi connectivity index (χ3n) is 6.58. The Labute approximate surface area is 228 Å². The van der Waals surface area contributed by atoms with Crippen molar-refractivity contribution in [2.75, 3.05) is 0 Å². The number of Topliss-reactive ketones (excluding diaryl/α,β-unsaturated/α-hetero) is 3. The molecule has 6 heteroatoms. The lowest BCUT2D eigenvalue weighted by Crippen LogP contribution is -2.28. The van der Waals surface area contributed by atoms with Gasteiger partial charge in [0.05, 0.1) is 21.2 Å². The fourth-order valence-corrected chi connectivity index (χ4v) is 4.98. The fraction of sp³-hybridized carbons (Fsp3) is 0.355. The quantitative estimate of drug-likeness (QED) is 0.105. The van der Waals surface area contributed by atoms with Gasteiger partial charge in [-0.15, -0.1) is 0 Å². The maximum absolute atomic E-state index is 13.6. The molecule has 2 aromatic carbocycles. The Balaban J connectivity index is 1.83. The lowest BCUT2D eigenvalue weighted by molar-refractivity contribution is -0.115. The van der Waals surface area contributed by atoms with Crippen LogP contribution in [0.15, 0.2) is 71.3 Å². The van der Waals surface area contributed by atoms with Crippen LogP contribution >= 0.6 is 23.2 Å². The monoisotopic (exact) mass is 538 g/mol. The Morgan fingerprint density at radius 3 is 1.70 bits per heavy atom. The molecule has 1 aliphatic carbocycles. The normalized spacial score (nSPS) is 13.6. The molecule has 3 rings (SSSR count). The molecule has 0 amide bonds. The maximum Gasteiger partial charge on any atom is 0.198 e. The maximum atomic E-state index is 13.6. The predicted octanol–water partition coefficient (Wildman–Crippen LogP) is 8.35. The average Bonchev–Trinajstić information content (AvgIpc) is 2.89. The molecule has 0 saturated carbocycles. The summed E-state index contributed by atoms with van der Waals surface area (Å²) in [6.07, 6.45) is 10.9. The number of hydrogen-bond acceptors (Lipinski definition) is 4. The number of rotatable bonds is 14. The van der Waals surface area contributed by atoms with E-state index in [1.807, 2.05) is 0 Å². The molecule has 0 radical (unpaired) electrons. The number of allylic oxidation sites excluding steroid dienone is 4. The summed E-state index contributed by atoms with van der Waals surface area (Å²) in [5.74, 6) is -2.49. The SMILES string of the molecule is CCCCCCCCCCCC1=C(C(=O)c2ccccc2Cl)C(=O)C=C(C(=O)c2ccccc2Cl)C1=O. The Morgan fingerprint density at radius 2 is 1.16 bits per heavy atom. The lowest BCUT2D eigenvalue weighted by Gasteiger charge is -2.19. The van der Waals surface area contributed by atoms with E-state index in [1.165, 1.54) is 44.2 Å². The lowest BCUT2D eigenvalue weighted by atomic mass is 9.81. The molecule has 0 spiro atoms. The zero-order valence-electron chi connectivity index (χ0n) is 21.2. The Kier molecular flexibility index (Phi) is 11.0. The number of hydrogen-bond donors (Lipinski definition) is 0. The number of carbonyl (C=O) groups excluding carboxylic acids is 4. The van der Waals surface area contributed by atoms with Crippen molar-refractivity contribution in [3.8, 4) is 0 Å². The van der Waals surface area contributed by atoms with Crippen LogP contribution in [0.4, 0.5) is 0 Å². The molecule has 0 atom stereocenters. The minimum atomic E-state index is -0.661. The molecule has 194 valence electrons. The molecule has 0 unspecified atom stereocenters. The molecular formula is C31H32Cl2O4. The number of halogens is 2. The van der Waals surface area contributed by atoms with Crippen LogP contribution in [-0.4, -0.2) is 23.1 Å². The first-order valence-electron chi connectivity index (χ1n) is 13.0. The summed E-state index contributed by atoms with van der Waals surface area (Å²) >= 11 is 12.4. The van der Waals surface area contributed by atoms with E-state index in [0.29, 0.717) is 6.42 Å². The minimum Gasteiger partial charge on any atom is -0.289 e. The van der Waals surface area contributed by atoms with Crippen LogP contribution in [0, 0.1) is 0 Å². The van der Waals surface area contributed by atoms with E-state index in [1.54, 1.807) is 36.4 Å². The highest BCUT2D eigenvalue weighted by Crippen LogP contribution is 2.31. The van der Waals surface area contributed by atoms with Crippen LogP contribution in [0.1, 0.15) is 91.8 Å². The molecule has 0 aliphatic heterocycles. The molecule has 2 aromatic rings. The highest BCUT2D eigenvalue weighted by molar-refractivity contribution is 6.46. The van der Waals surface area contributed by atoms with Crippen molar-refractivity contribution < 1.29 is 19.2 Å². The van der Waals surface area contributed by atoms with Gasteiger partial charge in [0.15, 0.2) is 23.1 Å². The molecule has 37 heavy (non-hydrogen) atoms. The van der Waals surface area contributed by atoms with E-state index < -0.39 is 23.1 Å². The first kappa shape index (κ1) is 28.7. The summed E-state index contributed by atoms with van der Waals surface area (Å²) in [5, 5.41) is 0.389. The van der Waals surface area contributed by atoms with Crippen molar-refractivity contribution in [1.29, 1.82) is 0 Å². The summed E-state index contributed by atoms with van der Waals surface area (Å²) in [7, 11) is 0. The topological polar surface area (TPSA) is 68.3 Å². The van der Waals surface area contributed by atoms with Crippen molar-refractivity contribution >= 4 is 46.3 Å². The minimum absolute atomic E-state index is 0.0794. The van der Waals surface area contributed by atoms with Crippen LogP contribution < -0.4 is 0 Å². The number of benzene rings is 2. The van der Waals surface area contributed by atoms with Crippen LogP contribution in [-0.2, 0) is 9.59 Å². The highest BCUT2D eigenvalue weighted by Gasteiger charge is 2.36. The molecule has 4 nitrogen and oxygen atoms in total. The standard InChI is InChI=1S/C31H32Cl2O4/c1-2-3-4-5-6-7-8-9-10-17-23-28(31(37)22-16-12-14-19-26(22)33)27(34)20-24(30(23)36)29(35)21-15-11-13-18-25(21)32/h11-16,18-20H,2-10,17H2,1H3. The van der Waals surface area contributed by atoms with E-state index in [0.717, 1.165) is 25.3 Å². The van der Waals surface area contributed by atoms with E-state index in [2.05, 4.69) is 6.92 Å². The second-order valence-electron chi connectivity index (χ2n) is 9.30. The van der Waals surface area contributed by atoms with Crippen molar-refractivity contribution in [2.45, 2.75) is 71.1 Å². The third-order valence-corrected chi connectivity index (χ3v) is 7.24. The Hall–Kier alpha value is -2.82. The summed E-state index contributed by atoms with van der Waals surface area (Å²) in [4.78, 5) is 53.4. The van der Waals surface area contributed by atoms with Gasteiger partial charge in [-0.2, -0.15) is 0 Å².